The zero-order chi connectivity index (χ0) is 34.1. The van der Waals surface area contributed by atoms with Crippen molar-refractivity contribution in [1.29, 1.82) is 0 Å². The molecular formula is C37H41Cl2N3O4S. The molecule has 0 saturated heterocycles. The number of rotatable bonds is 14. The third-order valence-electron chi connectivity index (χ3n) is 8.01. The zero-order valence-electron chi connectivity index (χ0n) is 27.2. The van der Waals surface area contributed by atoms with Crippen LogP contribution in [0.25, 0.3) is 0 Å². The number of amides is 2. The Balaban J connectivity index is 1.85. The van der Waals surface area contributed by atoms with Crippen molar-refractivity contribution in [1.82, 2.24) is 10.2 Å². The van der Waals surface area contributed by atoms with Crippen LogP contribution in [0.1, 0.15) is 47.6 Å². The maximum atomic E-state index is 14.7. The maximum absolute atomic E-state index is 14.7. The second kappa shape index (κ2) is 16.3. The molecule has 0 fully saturated rings. The largest absolute Gasteiger partial charge is 0.354 e. The van der Waals surface area contributed by atoms with E-state index in [4.69, 9.17) is 23.2 Å². The molecule has 4 rings (SSSR count). The molecule has 248 valence electrons. The van der Waals surface area contributed by atoms with Crippen LogP contribution in [-0.4, -0.2) is 44.3 Å². The maximum Gasteiger partial charge on any atom is 0.264 e. The van der Waals surface area contributed by atoms with Gasteiger partial charge in [-0.2, -0.15) is 0 Å². The van der Waals surface area contributed by atoms with Crippen molar-refractivity contribution in [2.75, 3.05) is 17.4 Å². The summed E-state index contributed by atoms with van der Waals surface area (Å²) < 4.78 is 29.8. The fourth-order valence-corrected chi connectivity index (χ4v) is 7.24. The Morgan fingerprint density at radius 2 is 1.47 bits per heavy atom. The molecule has 0 aliphatic carbocycles. The predicted molar refractivity (Wildman–Crippen MR) is 190 cm³/mol. The van der Waals surface area contributed by atoms with E-state index in [1.807, 2.05) is 63.2 Å². The lowest BCUT2D eigenvalue weighted by atomic mass is 10.0. The summed E-state index contributed by atoms with van der Waals surface area (Å²) in [6.07, 6.45) is 1.84. The summed E-state index contributed by atoms with van der Waals surface area (Å²) in [4.78, 5) is 30.1. The number of nitrogens with zero attached hydrogens (tertiary/aromatic N) is 2. The van der Waals surface area contributed by atoms with Gasteiger partial charge in [0.05, 0.1) is 10.6 Å². The lowest BCUT2D eigenvalue weighted by Gasteiger charge is -2.34. The third kappa shape index (κ3) is 9.15. The van der Waals surface area contributed by atoms with Crippen molar-refractivity contribution in [3.63, 3.8) is 0 Å². The molecular weight excluding hydrogens is 653 g/mol. The number of hydrogen-bond acceptors (Lipinski definition) is 4. The van der Waals surface area contributed by atoms with Gasteiger partial charge in [0.15, 0.2) is 0 Å². The average Bonchev–Trinajstić information content (AvgIpc) is 3.04. The first-order valence-electron chi connectivity index (χ1n) is 15.6. The molecule has 0 saturated carbocycles. The molecule has 0 radical (unpaired) electrons. The molecule has 0 unspecified atom stereocenters. The number of sulfonamides is 1. The molecule has 10 heteroatoms. The minimum Gasteiger partial charge on any atom is -0.354 e. The Morgan fingerprint density at radius 3 is 2.11 bits per heavy atom. The molecule has 0 spiro atoms. The number of carbonyl (C=O) groups is 2. The van der Waals surface area contributed by atoms with E-state index >= 15 is 0 Å². The Bertz CT molecular complexity index is 1780. The topological polar surface area (TPSA) is 86.8 Å². The van der Waals surface area contributed by atoms with Gasteiger partial charge in [0.2, 0.25) is 11.8 Å². The first-order valence-corrected chi connectivity index (χ1v) is 17.8. The van der Waals surface area contributed by atoms with Crippen LogP contribution < -0.4 is 9.62 Å². The van der Waals surface area contributed by atoms with E-state index in [2.05, 4.69) is 5.32 Å². The normalized spacial score (nSPS) is 12.0. The first kappa shape index (κ1) is 36.0. The number of aryl methyl sites for hydroxylation is 3. The van der Waals surface area contributed by atoms with E-state index < -0.39 is 28.5 Å². The van der Waals surface area contributed by atoms with Crippen molar-refractivity contribution in [2.45, 2.75) is 64.4 Å². The number of carbonyl (C=O) groups excluding carboxylic acids is 2. The highest BCUT2D eigenvalue weighted by atomic mass is 35.5. The van der Waals surface area contributed by atoms with E-state index in [0.717, 1.165) is 33.8 Å². The number of unbranched alkanes of at least 4 members (excludes halogenated alkanes) is 1. The van der Waals surface area contributed by atoms with Crippen LogP contribution in [0.2, 0.25) is 10.0 Å². The van der Waals surface area contributed by atoms with Crippen LogP contribution in [0.3, 0.4) is 0 Å². The van der Waals surface area contributed by atoms with Gasteiger partial charge in [-0.1, -0.05) is 103 Å². The lowest BCUT2D eigenvalue weighted by molar-refractivity contribution is -0.140. The van der Waals surface area contributed by atoms with E-state index in [1.165, 1.54) is 17.0 Å². The van der Waals surface area contributed by atoms with Crippen molar-refractivity contribution in [3.8, 4) is 0 Å². The number of anilines is 1. The van der Waals surface area contributed by atoms with Crippen molar-refractivity contribution >= 4 is 50.7 Å². The van der Waals surface area contributed by atoms with Crippen LogP contribution in [0.4, 0.5) is 5.69 Å². The van der Waals surface area contributed by atoms with Gasteiger partial charge in [-0.3, -0.25) is 13.9 Å². The van der Waals surface area contributed by atoms with Gasteiger partial charge in [-0.15, -0.1) is 0 Å². The number of nitrogens with one attached hydrogen (secondary N) is 1. The van der Waals surface area contributed by atoms with Crippen molar-refractivity contribution in [3.05, 3.63) is 129 Å². The summed E-state index contributed by atoms with van der Waals surface area (Å²) in [6.45, 7) is 7.34. The van der Waals surface area contributed by atoms with Crippen LogP contribution in [0.5, 0.6) is 0 Å². The number of hydrogen-bond donors (Lipinski definition) is 1. The van der Waals surface area contributed by atoms with E-state index in [0.29, 0.717) is 33.4 Å². The highest BCUT2D eigenvalue weighted by Crippen LogP contribution is 2.31. The van der Waals surface area contributed by atoms with Crippen LogP contribution in [-0.2, 0) is 32.6 Å². The van der Waals surface area contributed by atoms with Crippen molar-refractivity contribution < 1.29 is 18.0 Å². The minimum absolute atomic E-state index is 0.0515. The summed E-state index contributed by atoms with van der Waals surface area (Å²) >= 11 is 13.2. The van der Waals surface area contributed by atoms with E-state index in [1.54, 1.807) is 43.3 Å². The molecule has 1 N–H and O–H groups in total. The molecule has 1 atom stereocenters. The zero-order valence-corrected chi connectivity index (χ0v) is 29.5. The molecule has 4 aromatic carbocycles. The Kier molecular flexibility index (Phi) is 12.5. The van der Waals surface area contributed by atoms with Gasteiger partial charge >= 0.3 is 0 Å². The second-order valence-corrected chi connectivity index (χ2v) is 14.4. The van der Waals surface area contributed by atoms with Gasteiger partial charge in [0.25, 0.3) is 10.0 Å². The quantitative estimate of drug-likeness (QED) is 0.137. The summed E-state index contributed by atoms with van der Waals surface area (Å²) in [6, 6.07) is 25.4. The summed E-state index contributed by atoms with van der Waals surface area (Å²) in [5.74, 6) is -0.928. The first-order chi connectivity index (χ1) is 22.4. The molecule has 2 amide bonds. The lowest BCUT2D eigenvalue weighted by Crippen LogP contribution is -2.53. The molecule has 0 aliphatic rings. The molecule has 0 aromatic heterocycles. The molecule has 0 bridgehead atoms. The molecule has 0 aliphatic heterocycles. The summed E-state index contributed by atoms with van der Waals surface area (Å²) in [5.41, 5.74) is 4.09. The van der Waals surface area contributed by atoms with E-state index in [9.17, 15) is 18.0 Å². The van der Waals surface area contributed by atoms with Crippen LogP contribution >= 0.6 is 23.2 Å². The van der Waals surface area contributed by atoms with Gasteiger partial charge < -0.3 is 10.2 Å². The van der Waals surface area contributed by atoms with Crippen molar-refractivity contribution in [2.24, 2.45) is 0 Å². The van der Waals surface area contributed by atoms with Gasteiger partial charge in [-0.25, -0.2) is 8.42 Å². The molecule has 7 nitrogen and oxygen atoms in total. The highest BCUT2D eigenvalue weighted by molar-refractivity contribution is 7.92. The van der Waals surface area contributed by atoms with Crippen LogP contribution in [0, 0.1) is 20.8 Å². The van der Waals surface area contributed by atoms with Crippen LogP contribution in [0.15, 0.2) is 95.9 Å². The SMILES string of the molecule is CCCCNC(=O)[C@H](Cc1ccccc1)N(Cc1c(Cl)cccc1Cl)C(=O)CN(c1cc(C)ccc1C)S(=O)(=O)c1ccc(C)cc1. The Hall–Kier alpha value is -3.85. The minimum atomic E-state index is -4.22. The number of halogens is 2. The summed E-state index contributed by atoms with van der Waals surface area (Å²) in [7, 11) is -4.22. The Morgan fingerprint density at radius 1 is 0.830 bits per heavy atom. The van der Waals surface area contributed by atoms with Gasteiger partial charge in [-0.05, 0) is 74.2 Å². The second-order valence-electron chi connectivity index (χ2n) is 11.7. The molecule has 47 heavy (non-hydrogen) atoms. The average molecular weight is 695 g/mol. The highest BCUT2D eigenvalue weighted by Gasteiger charge is 2.35. The molecule has 4 aromatic rings. The Labute approximate surface area is 288 Å². The number of benzene rings is 4. The molecule has 0 heterocycles. The fourth-order valence-electron chi connectivity index (χ4n) is 5.25. The summed E-state index contributed by atoms with van der Waals surface area (Å²) in [5, 5.41) is 3.65. The third-order valence-corrected chi connectivity index (χ3v) is 10.5. The fraction of sp³-hybridized carbons (Fsp3) is 0.297. The smallest absolute Gasteiger partial charge is 0.264 e. The van der Waals surface area contributed by atoms with E-state index in [-0.39, 0.29) is 23.8 Å². The van der Waals surface area contributed by atoms with Gasteiger partial charge in [0.1, 0.15) is 12.6 Å². The monoisotopic (exact) mass is 693 g/mol. The predicted octanol–water partition coefficient (Wildman–Crippen LogP) is 7.67. The van der Waals surface area contributed by atoms with Gasteiger partial charge in [0, 0.05) is 35.1 Å². The standard InChI is InChI=1S/C37H41Cl2N3O4S/c1-5-6-21-40-37(44)35(23-29-11-8-7-9-12-29)41(24-31-32(38)13-10-14-33(31)39)36(43)25-42(34-22-27(3)15-18-28(34)4)47(45,46)30-19-16-26(2)17-20-30/h7-20,22,35H,5-6,21,23-25H2,1-4H3,(H,40,44)/t35-/m0/s1.